The van der Waals surface area contributed by atoms with Crippen molar-refractivity contribution in [3.05, 3.63) is 63.7 Å². The van der Waals surface area contributed by atoms with E-state index in [0.29, 0.717) is 11.1 Å². The highest BCUT2D eigenvalue weighted by Crippen LogP contribution is 2.32. The van der Waals surface area contributed by atoms with Gasteiger partial charge in [-0.2, -0.15) is 0 Å². The molecule has 0 saturated heterocycles. The van der Waals surface area contributed by atoms with Crippen LogP contribution in [-0.4, -0.2) is 35.6 Å². The lowest BCUT2D eigenvalue weighted by atomic mass is 10.1. The molecule has 0 aromatic heterocycles. The minimum atomic E-state index is -0.589. The number of rotatable bonds is 5. The van der Waals surface area contributed by atoms with Crippen LogP contribution < -0.4 is 4.74 Å². The molecule has 7 heteroatoms. The van der Waals surface area contributed by atoms with Gasteiger partial charge in [0.25, 0.3) is 5.91 Å². The van der Waals surface area contributed by atoms with E-state index < -0.39 is 4.92 Å². The molecule has 0 N–H and O–H groups in total. The summed E-state index contributed by atoms with van der Waals surface area (Å²) in [6, 6.07) is 10.2. The van der Waals surface area contributed by atoms with Crippen LogP contribution in [0.4, 0.5) is 5.69 Å². The summed E-state index contributed by atoms with van der Waals surface area (Å²) in [5.41, 5.74) is 0.434. The van der Waals surface area contributed by atoms with Crippen molar-refractivity contribution >= 4 is 17.4 Å². The van der Waals surface area contributed by atoms with Gasteiger partial charge in [-0.15, -0.1) is 0 Å². The first-order chi connectivity index (χ1) is 11.3. The van der Waals surface area contributed by atoms with E-state index in [2.05, 4.69) is 0 Å². The van der Waals surface area contributed by atoms with Gasteiger partial charge in [-0.1, -0.05) is 6.07 Å². The molecule has 0 bridgehead atoms. The van der Waals surface area contributed by atoms with Gasteiger partial charge in [-0.3, -0.25) is 19.7 Å². The molecule has 0 radical (unpaired) electrons. The first-order valence-corrected chi connectivity index (χ1v) is 7.08. The van der Waals surface area contributed by atoms with Gasteiger partial charge in [0.15, 0.2) is 5.78 Å². The lowest BCUT2D eigenvalue weighted by molar-refractivity contribution is -0.385. The molecular formula is C17H16N2O5. The van der Waals surface area contributed by atoms with Crippen LogP contribution >= 0.6 is 0 Å². The molecule has 0 heterocycles. The summed E-state index contributed by atoms with van der Waals surface area (Å²) in [5.74, 6) is -0.229. The molecule has 0 saturated carbocycles. The number of carbonyl (C=O) groups excluding carboxylic acids is 2. The Labute approximate surface area is 138 Å². The summed E-state index contributed by atoms with van der Waals surface area (Å²) >= 11 is 0. The third-order valence-electron chi connectivity index (χ3n) is 3.28. The molecule has 1 amide bonds. The molecular weight excluding hydrogens is 312 g/mol. The Bertz CT molecular complexity index is 814. The van der Waals surface area contributed by atoms with Crippen LogP contribution in [0.15, 0.2) is 42.5 Å². The molecule has 0 aliphatic rings. The normalized spacial score (nSPS) is 10.1. The van der Waals surface area contributed by atoms with Gasteiger partial charge in [0.2, 0.25) is 5.75 Å². The molecule has 2 rings (SSSR count). The molecule has 0 spiro atoms. The maximum atomic E-state index is 12.0. The van der Waals surface area contributed by atoms with Gasteiger partial charge in [0.1, 0.15) is 5.75 Å². The Hall–Kier alpha value is -3.22. The number of hydrogen-bond acceptors (Lipinski definition) is 5. The first-order valence-electron chi connectivity index (χ1n) is 7.08. The number of amides is 1. The molecule has 2 aromatic rings. The molecule has 7 nitrogen and oxygen atoms in total. The SMILES string of the molecule is CC(=O)c1ccc([N+](=O)[O-])c(Oc2cccc(C(=O)N(C)C)c2)c1. The third kappa shape index (κ3) is 3.75. The number of ether oxygens (including phenoxy) is 1. The number of carbonyl (C=O) groups is 2. The van der Waals surface area contributed by atoms with E-state index in [1.807, 2.05) is 0 Å². The minimum Gasteiger partial charge on any atom is -0.450 e. The quantitative estimate of drug-likeness (QED) is 0.477. The summed E-state index contributed by atoms with van der Waals surface area (Å²) in [7, 11) is 3.24. The van der Waals surface area contributed by atoms with Crippen LogP contribution in [0.5, 0.6) is 11.5 Å². The first kappa shape index (κ1) is 17.1. The van der Waals surface area contributed by atoms with E-state index >= 15 is 0 Å². The number of nitrogens with zero attached hydrogens (tertiary/aromatic N) is 2. The van der Waals surface area contributed by atoms with E-state index in [0.717, 1.165) is 0 Å². The van der Waals surface area contributed by atoms with Crippen LogP contribution in [0, 0.1) is 10.1 Å². The van der Waals surface area contributed by atoms with Gasteiger partial charge >= 0.3 is 5.69 Å². The molecule has 0 atom stereocenters. The van der Waals surface area contributed by atoms with Gasteiger partial charge in [-0.05, 0) is 37.3 Å². The number of nitro benzene ring substituents is 1. The predicted octanol–water partition coefficient (Wildman–Crippen LogP) is 3.29. The fourth-order valence-electron chi connectivity index (χ4n) is 2.04. The highest BCUT2D eigenvalue weighted by Gasteiger charge is 2.18. The second-order valence-corrected chi connectivity index (χ2v) is 5.33. The number of ketones is 1. The maximum Gasteiger partial charge on any atom is 0.311 e. The average molecular weight is 328 g/mol. The van der Waals surface area contributed by atoms with Crippen molar-refractivity contribution in [2.24, 2.45) is 0 Å². The van der Waals surface area contributed by atoms with Crippen molar-refractivity contribution in [3.8, 4) is 11.5 Å². The average Bonchev–Trinajstić information content (AvgIpc) is 2.53. The van der Waals surface area contributed by atoms with Gasteiger partial charge < -0.3 is 9.64 Å². The highest BCUT2D eigenvalue weighted by molar-refractivity contribution is 5.95. The summed E-state index contributed by atoms with van der Waals surface area (Å²) in [5, 5.41) is 11.1. The molecule has 124 valence electrons. The van der Waals surface area contributed by atoms with E-state index in [1.165, 1.54) is 36.1 Å². The van der Waals surface area contributed by atoms with Crippen molar-refractivity contribution in [2.75, 3.05) is 14.1 Å². The van der Waals surface area contributed by atoms with Crippen molar-refractivity contribution in [2.45, 2.75) is 6.92 Å². The second-order valence-electron chi connectivity index (χ2n) is 5.33. The molecule has 2 aromatic carbocycles. The lowest BCUT2D eigenvalue weighted by Gasteiger charge is -2.12. The van der Waals surface area contributed by atoms with Crippen LogP contribution in [0.1, 0.15) is 27.6 Å². The van der Waals surface area contributed by atoms with Crippen molar-refractivity contribution in [1.29, 1.82) is 0 Å². The topological polar surface area (TPSA) is 89.7 Å². The molecule has 24 heavy (non-hydrogen) atoms. The van der Waals surface area contributed by atoms with E-state index in [-0.39, 0.29) is 28.9 Å². The molecule has 0 fully saturated rings. The predicted molar refractivity (Wildman–Crippen MR) is 87.6 cm³/mol. The zero-order chi connectivity index (χ0) is 17.9. The summed E-state index contributed by atoms with van der Waals surface area (Å²) in [6.45, 7) is 1.36. The Morgan fingerprint density at radius 2 is 1.79 bits per heavy atom. The number of nitro groups is 1. The minimum absolute atomic E-state index is 0.0536. The standard InChI is InChI=1S/C17H16N2O5/c1-11(20)12-7-8-15(19(22)23)16(10-12)24-14-6-4-5-13(9-14)17(21)18(2)3/h4-10H,1-3H3. The maximum absolute atomic E-state index is 12.0. The van der Waals surface area contributed by atoms with Crippen molar-refractivity contribution < 1.29 is 19.2 Å². The van der Waals surface area contributed by atoms with Gasteiger partial charge in [0.05, 0.1) is 4.92 Å². The Morgan fingerprint density at radius 1 is 1.08 bits per heavy atom. The Balaban J connectivity index is 2.41. The van der Waals surface area contributed by atoms with Gasteiger partial charge in [-0.25, -0.2) is 0 Å². The number of hydrogen-bond donors (Lipinski definition) is 0. The zero-order valence-electron chi connectivity index (χ0n) is 13.5. The lowest BCUT2D eigenvalue weighted by Crippen LogP contribution is -2.21. The van der Waals surface area contributed by atoms with Crippen LogP contribution in [0.3, 0.4) is 0 Å². The van der Waals surface area contributed by atoms with E-state index in [4.69, 9.17) is 4.74 Å². The monoisotopic (exact) mass is 328 g/mol. The van der Waals surface area contributed by atoms with Crippen LogP contribution in [0.2, 0.25) is 0 Å². The second kappa shape index (κ2) is 6.91. The molecule has 0 aliphatic heterocycles. The summed E-state index contributed by atoms with van der Waals surface area (Å²) in [6.07, 6.45) is 0. The van der Waals surface area contributed by atoms with Gasteiger partial charge in [0, 0.05) is 31.3 Å². The number of benzene rings is 2. The zero-order valence-corrected chi connectivity index (χ0v) is 13.5. The van der Waals surface area contributed by atoms with E-state index in [9.17, 15) is 19.7 Å². The largest absolute Gasteiger partial charge is 0.450 e. The summed E-state index contributed by atoms with van der Waals surface area (Å²) < 4.78 is 5.57. The molecule has 0 unspecified atom stereocenters. The fraction of sp³-hybridized carbons (Fsp3) is 0.176. The van der Waals surface area contributed by atoms with Crippen LogP contribution in [-0.2, 0) is 0 Å². The number of Topliss-reactive ketones (excluding diaryl/α,β-unsaturated/α-hetero) is 1. The smallest absolute Gasteiger partial charge is 0.311 e. The Morgan fingerprint density at radius 3 is 2.38 bits per heavy atom. The highest BCUT2D eigenvalue weighted by atomic mass is 16.6. The summed E-state index contributed by atoms with van der Waals surface area (Å²) in [4.78, 5) is 35.4. The third-order valence-corrected chi connectivity index (χ3v) is 3.28. The van der Waals surface area contributed by atoms with E-state index in [1.54, 1.807) is 32.3 Å². The molecule has 0 aliphatic carbocycles. The Kier molecular flexibility index (Phi) is 4.93. The fourth-order valence-corrected chi connectivity index (χ4v) is 2.04. The van der Waals surface area contributed by atoms with Crippen LogP contribution in [0.25, 0.3) is 0 Å². The van der Waals surface area contributed by atoms with Crippen molar-refractivity contribution in [1.82, 2.24) is 4.90 Å². The van der Waals surface area contributed by atoms with Crippen molar-refractivity contribution in [3.63, 3.8) is 0 Å².